The zero-order valence-corrected chi connectivity index (χ0v) is 14.6. The highest BCUT2D eigenvalue weighted by molar-refractivity contribution is 7.99. The molecule has 0 aliphatic rings. The van der Waals surface area contributed by atoms with E-state index in [1.807, 2.05) is 18.7 Å². The van der Waals surface area contributed by atoms with E-state index < -0.39 is 0 Å². The van der Waals surface area contributed by atoms with E-state index in [-0.39, 0.29) is 0 Å². The number of hydrogen-bond donors (Lipinski definition) is 0. The SMILES string of the molecule is CCN(CC)CCSc1nc(C)nc2sc(C)c(C)c12. The maximum atomic E-state index is 4.66. The van der Waals surface area contributed by atoms with Crippen LogP contribution < -0.4 is 0 Å². The highest BCUT2D eigenvalue weighted by atomic mass is 32.2. The van der Waals surface area contributed by atoms with Gasteiger partial charge < -0.3 is 4.90 Å². The Hall–Kier alpha value is -0.650. The van der Waals surface area contributed by atoms with E-state index in [2.05, 4.69) is 42.6 Å². The van der Waals surface area contributed by atoms with Crippen LogP contribution in [0.25, 0.3) is 10.2 Å². The Kier molecular flexibility index (Phi) is 5.41. The van der Waals surface area contributed by atoms with Gasteiger partial charge in [0.25, 0.3) is 0 Å². The summed E-state index contributed by atoms with van der Waals surface area (Å²) >= 11 is 3.65. The standard InChI is InChI=1S/C15H23N3S2/c1-6-18(7-2)8-9-19-14-13-10(3)11(4)20-15(13)17-12(5)16-14/h6-9H2,1-5H3. The van der Waals surface area contributed by atoms with Gasteiger partial charge in [-0.25, -0.2) is 9.97 Å². The lowest BCUT2D eigenvalue weighted by atomic mass is 10.2. The zero-order valence-electron chi connectivity index (χ0n) is 13.0. The summed E-state index contributed by atoms with van der Waals surface area (Å²) in [5.74, 6) is 1.96. The van der Waals surface area contributed by atoms with E-state index in [0.29, 0.717) is 0 Å². The van der Waals surface area contributed by atoms with Crippen LogP contribution in [0.2, 0.25) is 0 Å². The predicted octanol–water partition coefficient (Wildman–Crippen LogP) is 4.05. The third-order valence-electron chi connectivity index (χ3n) is 3.65. The van der Waals surface area contributed by atoms with E-state index >= 15 is 0 Å². The number of thioether (sulfide) groups is 1. The highest BCUT2D eigenvalue weighted by Crippen LogP contribution is 2.34. The average molecular weight is 310 g/mol. The molecular formula is C15H23N3S2. The van der Waals surface area contributed by atoms with Gasteiger partial charge in [0, 0.05) is 22.6 Å². The van der Waals surface area contributed by atoms with Crippen molar-refractivity contribution in [1.82, 2.24) is 14.9 Å². The van der Waals surface area contributed by atoms with E-state index in [9.17, 15) is 0 Å². The number of thiophene rings is 1. The molecule has 0 fully saturated rings. The fourth-order valence-electron chi connectivity index (χ4n) is 2.23. The van der Waals surface area contributed by atoms with Gasteiger partial charge in [0.1, 0.15) is 15.7 Å². The molecule has 110 valence electrons. The van der Waals surface area contributed by atoms with E-state index in [4.69, 9.17) is 0 Å². The van der Waals surface area contributed by atoms with Crippen LogP contribution in [0.1, 0.15) is 30.1 Å². The van der Waals surface area contributed by atoms with Crippen LogP contribution in [0, 0.1) is 20.8 Å². The first-order chi connectivity index (χ1) is 9.56. The Morgan fingerprint density at radius 1 is 1.10 bits per heavy atom. The molecule has 0 aliphatic carbocycles. The average Bonchev–Trinajstić information content (AvgIpc) is 2.70. The summed E-state index contributed by atoms with van der Waals surface area (Å²) < 4.78 is 0. The Bertz CT molecular complexity index is 588. The van der Waals surface area contributed by atoms with E-state index in [1.54, 1.807) is 11.3 Å². The van der Waals surface area contributed by atoms with Gasteiger partial charge in [-0.05, 0) is 39.4 Å². The molecule has 0 aromatic carbocycles. The van der Waals surface area contributed by atoms with Crippen LogP contribution in [0.3, 0.4) is 0 Å². The summed E-state index contributed by atoms with van der Waals surface area (Å²) in [6.45, 7) is 14.1. The molecule has 0 aliphatic heterocycles. The molecule has 0 saturated carbocycles. The molecule has 0 atom stereocenters. The molecule has 0 radical (unpaired) electrons. The minimum absolute atomic E-state index is 0.879. The van der Waals surface area contributed by atoms with Crippen molar-refractivity contribution in [3.05, 3.63) is 16.3 Å². The number of nitrogens with zero attached hydrogens (tertiary/aromatic N) is 3. The Labute approximate surface area is 129 Å². The quantitative estimate of drug-likeness (QED) is 0.594. The maximum Gasteiger partial charge on any atom is 0.128 e. The van der Waals surface area contributed by atoms with Crippen molar-refractivity contribution in [3.8, 4) is 0 Å². The second kappa shape index (κ2) is 6.87. The molecule has 0 bridgehead atoms. The fourth-order valence-corrected chi connectivity index (χ4v) is 4.50. The fraction of sp³-hybridized carbons (Fsp3) is 0.600. The summed E-state index contributed by atoms with van der Waals surface area (Å²) in [7, 11) is 0. The molecule has 2 aromatic rings. The van der Waals surface area contributed by atoms with Crippen molar-refractivity contribution >= 4 is 33.3 Å². The Morgan fingerprint density at radius 2 is 1.80 bits per heavy atom. The lowest BCUT2D eigenvalue weighted by molar-refractivity contribution is 0.324. The molecule has 0 N–H and O–H groups in total. The van der Waals surface area contributed by atoms with Gasteiger partial charge >= 0.3 is 0 Å². The minimum Gasteiger partial charge on any atom is -0.303 e. The summed E-state index contributed by atoms with van der Waals surface area (Å²) in [5.41, 5.74) is 1.34. The highest BCUT2D eigenvalue weighted by Gasteiger charge is 2.13. The monoisotopic (exact) mass is 309 g/mol. The molecular weight excluding hydrogens is 286 g/mol. The van der Waals surface area contributed by atoms with Gasteiger partial charge in [-0.15, -0.1) is 23.1 Å². The van der Waals surface area contributed by atoms with E-state index in [1.165, 1.54) is 15.8 Å². The lowest BCUT2D eigenvalue weighted by Gasteiger charge is -2.17. The molecule has 2 aromatic heterocycles. The lowest BCUT2D eigenvalue weighted by Crippen LogP contribution is -2.25. The third kappa shape index (κ3) is 3.32. The number of hydrogen-bond acceptors (Lipinski definition) is 5. The van der Waals surface area contributed by atoms with Gasteiger partial charge in [-0.3, -0.25) is 0 Å². The molecule has 0 unspecified atom stereocenters. The van der Waals surface area contributed by atoms with Crippen LogP contribution >= 0.6 is 23.1 Å². The van der Waals surface area contributed by atoms with Crippen molar-refractivity contribution in [1.29, 1.82) is 0 Å². The van der Waals surface area contributed by atoms with Crippen molar-refractivity contribution < 1.29 is 0 Å². The smallest absolute Gasteiger partial charge is 0.128 e. The first-order valence-electron chi connectivity index (χ1n) is 7.16. The molecule has 5 heteroatoms. The van der Waals surface area contributed by atoms with Crippen LogP contribution in [0.5, 0.6) is 0 Å². The van der Waals surface area contributed by atoms with Crippen LogP contribution in [0.4, 0.5) is 0 Å². The van der Waals surface area contributed by atoms with Gasteiger partial charge in [0.2, 0.25) is 0 Å². The molecule has 20 heavy (non-hydrogen) atoms. The van der Waals surface area contributed by atoms with E-state index in [0.717, 1.165) is 41.1 Å². The normalized spacial score (nSPS) is 11.7. The first-order valence-corrected chi connectivity index (χ1v) is 8.96. The predicted molar refractivity (Wildman–Crippen MR) is 90.1 cm³/mol. The zero-order chi connectivity index (χ0) is 14.7. The first kappa shape index (κ1) is 15.7. The largest absolute Gasteiger partial charge is 0.303 e. The number of fused-ring (bicyclic) bond motifs is 1. The molecule has 3 nitrogen and oxygen atoms in total. The van der Waals surface area contributed by atoms with Crippen LogP contribution in [-0.2, 0) is 0 Å². The molecule has 0 saturated heterocycles. The van der Waals surface area contributed by atoms with Crippen molar-refractivity contribution in [2.24, 2.45) is 0 Å². The van der Waals surface area contributed by atoms with Gasteiger partial charge in [0.05, 0.1) is 0 Å². The molecule has 0 amide bonds. The topological polar surface area (TPSA) is 29.0 Å². The number of aryl methyl sites for hydroxylation is 3. The van der Waals surface area contributed by atoms with Crippen molar-refractivity contribution in [2.45, 2.75) is 39.6 Å². The summed E-state index contributed by atoms with van der Waals surface area (Å²) in [5, 5.41) is 2.42. The van der Waals surface area contributed by atoms with Crippen molar-refractivity contribution in [2.75, 3.05) is 25.4 Å². The Balaban J connectivity index is 2.21. The van der Waals surface area contributed by atoms with Crippen LogP contribution in [0.15, 0.2) is 5.03 Å². The number of aromatic nitrogens is 2. The minimum atomic E-state index is 0.879. The third-order valence-corrected chi connectivity index (χ3v) is 5.70. The Morgan fingerprint density at radius 3 is 2.45 bits per heavy atom. The van der Waals surface area contributed by atoms with Gasteiger partial charge in [0.15, 0.2) is 0 Å². The van der Waals surface area contributed by atoms with Crippen LogP contribution in [-0.4, -0.2) is 40.3 Å². The summed E-state index contributed by atoms with van der Waals surface area (Å²) in [4.78, 5) is 14.2. The van der Waals surface area contributed by atoms with Crippen molar-refractivity contribution in [3.63, 3.8) is 0 Å². The molecule has 0 spiro atoms. The summed E-state index contributed by atoms with van der Waals surface area (Å²) in [6, 6.07) is 0. The second-order valence-electron chi connectivity index (χ2n) is 4.91. The molecule has 2 heterocycles. The summed E-state index contributed by atoms with van der Waals surface area (Å²) in [6.07, 6.45) is 0. The maximum absolute atomic E-state index is 4.66. The molecule has 2 rings (SSSR count). The van der Waals surface area contributed by atoms with Gasteiger partial charge in [-0.2, -0.15) is 0 Å². The van der Waals surface area contributed by atoms with Gasteiger partial charge in [-0.1, -0.05) is 13.8 Å². The number of rotatable bonds is 6. The second-order valence-corrected chi connectivity index (χ2v) is 7.20.